The van der Waals surface area contributed by atoms with Gasteiger partial charge in [-0.3, -0.25) is 19.3 Å². The number of nitrogens with zero attached hydrogens (tertiary/aromatic N) is 2. The van der Waals surface area contributed by atoms with Crippen LogP contribution in [-0.4, -0.2) is 48.4 Å². The smallest absolute Gasteiger partial charge is 0.262 e. The number of imide groups is 1. The van der Waals surface area contributed by atoms with Crippen LogP contribution in [0.2, 0.25) is 0 Å². The van der Waals surface area contributed by atoms with Gasteiger partial charge in [0.15, 0.2) is 0 Å². The van der Waals surface area contributed by atoms with Gasteiger partial charge in [-0.05, 0) is 48.9 Å². The van der Waals surface area contributed by atoms with E-state index in [0.29, 0.717) is 5.69 Å². The largest absolute Gasteiger partial charge is 0.324 e. The van der Waals surface area contributed by atoms with E-state index in [1.54, 1.807) is 24.3 Å². The predicted molar refractivity (Wildman–Crippen MR) is 127 cm³/mol. The molecule has 1 heterocycles. The van der Waals surface area contributed by atoms with E-state index in [9.17, 15) is 22.8 Å². The Morgan fingerprint density at radius 1 is 0.882 bits per heavy atom. The van der Waals surface area contributed by atoms with Crippen molar-refractivity contribution in [3.63, 3.8) is 0 Å². The van der Waals surface area contributed by atoms with Crippen LogP contribution in [0.1, 0.15) is 33.2 Å². The normalized spacial score (nSPS) is 14.3. The molecule has 0 saturated heterocycles. The molecule has 0 bridgehead atoms. The van der Waals surface area contributed by atoms with Gasteiger partial charge in [0.2, 0.25) is 15.9 Å². The number of carbonyl (C=O) groups excluding carboxylic acids is 3. The minimum Gasteiger partial charge on any atom is -0.324 e. The van der Waals surface area contributed by atoms with E-state index in [2.05, 4.69) is 5.32 Å². The van der Waals surface area contributed by atoms with E-state index in [1.165, 1.54) is 42.5 Å². The van der Waals surface area contributed by atoms with Crippen LogP contribution in [0.5, 0.6) is 0 Å². The molecule has 9 heteroatoms. The van der Waals surface area contributed by atoms with Crippen LogP contribution in [0.3, 0.4) is 0 Å². The van der Waals surface area contributed by atoms with Crippen molar-refractivity contribution >= 4 is 33.4 Å². The van der Waals surface area contributed by atoms with Crippen molar-refractivity contribution in [2.45, 2.75) is 24.4 Å². The summed E-state index contributed by atoms with van der Waals surface area (Å²) in [5, 5.41) is 2.64. The third-order valence-corrected chi connectivity index (χ3v) is 7.49. The molecule has 1 aliphatic rings. The Morgan fingerprint density at radius 2 is 1.41 bits per heavy atom. The second-order valence-corrected chi connectivity index (χ2v) is 10.0. The summed E-state index contributed by atoms with van der Waals surface area (Å²) in [6, 6.07) is 20.4. The molecule has 3 aromatic carbocycles. The molecule has 0 saturated carbocycles. The maximum absolute atomic E-state index is 12.9. The summed E-state index contributed by atoms with van der Waals surface area (Å²) in [4.78, 5) is 39.0. The van der Waals surface area contributed by atoms with Gasteiger partial charge in [-0.15, -0.1) is 0 Å². The Bertz CT molecular complexity index is 1320. The van der Waals surface area contributed by atoms with Crippen molar-refractivity contribution in [2.24, 2.45) is 0 Å². The number of hydrogen-bond acceptors (Lipinski definition) is 5. The van der Waals surface area contributed by atoms with E-state index in [1.807, 2.05) is 30.3 Å². The van der Waals surface area contributed by atoms with Gasteiger partial charge >= 0.3 is 0 Å². The SMILES string of the molecule is CC(C(=O)Nc1ccc(S(=O)(=O)N(C)Cc2ccccc2)cc1)N1C(=O)c2ccccc2C1=O. The summed E-state index contributed by atoms with van der Waals surface area (Å²) in [5.41, 5.74) is 1.74. The van der Waals surface area contributed by atoms with Gasteiger partial charge in [0.1, 0.15) is 6.04 Å². The molecule has 4 rings (SSSR count). The minimum atomic E-state index is -3.73. The standard InChI is InChI=1S/C25H23N3O5S/c1-17(28-24(30)21-10-6-7-11-22(21)25(28)31)23(29)26-19-12-14-20(15-13-19)34(32,33)27(2)16-18-8-4-3-5-9-18/h3-15,17H,16H2,1-2H3,(H,26,29). The molecule has 1 unspecified atom stereocenters. The molecule has 8 nitrogen and oxygen atoms in total. The van der Waals surface area contributed by atoms with E-state index in [0.717, 1.165) is 10.5 Å². The van der Waals surface area contributed by atoms with Crippen molar-refractivity contribution in [3.8, 4) is 0 Å². The molecule has 34 heavy (non-hydrogen) atoms. The molecule has 1 N–H and O–H groups in total. The van der Waals surface area contributed by atoms with Crippen molar-refractivity contribution < 1.29 is 22.8 Å². The number of nitrogens with one attached hydrogen (secondary N) is 1. The number of carbonyl (C=O) groups is 3. The first-order valence-electron chi connectivity index (χ1n) is 10.6. The van der Waals surface area contributed by atoms with Gasteiger partial charge in [0.05, 0.1) is 16.0 Å². The Balaban J connectivity index is 1.44. The Hall–Kier alpha value is -3.82. The number of fused-ring (bicyclic) bond motifs is 1. The molecule has 0 aliphatic carbocycles. The number of sulfonamides is 1. The first kappa shape index (κ1) is 23.3. The molecule has 3 aromatic rings. The average molecular weight is 478 g/mol. The van der Waals surface area contributed by atoms with E-state index in [-0.39, 0.29) is 22.6 Å². The number of rotatable bonds is 7. The zero-order valence-corrected chi connectivity index (χ0v) is 19.5. The highest BCUT2D eigenvalue weighted by Gasteiger charge is 2.40. The molecule has 3 amide bonds. The summed E-state index contributed by atoms with van der Waals surface area (Å²) in [6.45, 7) is 1.69. The molecule has 1 aliphatic heterocycles. The maximum atomic E-state index is 12.9. The van der Waals surface area contributed by atoms with Gasteiger partial charge in [-0.25, -0.2) is 8.42 Å². The number of anilines is 1. The fourth-order valence-corrected chi connectivity index (χ4v) is 4.90. The van der Waals surface area contributed by atoms with E-state index in [4.69, 9.17) is 0 Å². The lowest BCUT2D eigenvalue weighted by molar-refractivity contribution is -0.119. The highest BCUT2D eigenvalue weighted by atomic mass is 32.2. The lowest BCUT2D eigenvalue weighted by Gasteiger charge is -2.22. The highest BCUT2D eigenvalue weighted by molar-refractivity contribution is 7.89. The molecule has 174 valence electrons. The topological polar surface area (TPSA) is 104 Å². The van der Waals surface area contributed by atoms with Crippen LogP contribution in [0.4, 0.5) is 5.69 Å². The van der Waals surface area contributed by atoms with Crippen LogP contribution in [0.25, 0.3) is 0 Å². The van der Waals surface area contributed by atoms with Crippen LogP contribution in [-0.2, 0) is 21.4 Å². The quantitative estimate of drug-likeness (QED) is 0.527. The first-order chi connectivity index (χ1) is 16.2. The Kier molecular flexibility index (Phi) is 6.32. The lowest BCUT2D eigenvalue weighted by Crippen LogP contribution is -2.45. The van der Waals surface area contributed by atoms with E-state index >= 15 is 0 Å². The third-order valence-electron chi connectivity index (χ3n) is 5.67. The molecule has 0 spiro atoms. The Morgan fingerprint density at radius 3 is 1.97 bits per heavy atom. The number of benzene rings is 3. The minimum absolute atomic E-state index is 0.0809. The Labute approximate surface area is 197 Å². The fraction of sp³-hybridized carbons (Fsp3) is 0.160. The second-order valence-electron chi connectivity index (χ2n) is 7.96. The zero-order valence-electron chi connectivity index (χ0n) is 18.6. The molecule has 1 atom stereocenters. The number of amides is 3. The zero-order chi connectivity index (χ0) is 24.5. The van der Waals surface area contributed by atoms with Crippen molar-refractivity contribution in [1.29, 1.82) is 0 Å². The van der Waals surface area contributed by atoms with Gasteiger partial charge in [0, 0.05) is 19.3 Å². The van der Waals surface area contributed by atoms with Crippen LogP contribution < -0.4 is 5.32 Å². The van der Waals surface area contributed by atoms with Gasteiger partial charge in [-0.2, -0.15) is 4.31 Å². The van der Waals surface area contributed by atoms with Crippen LogP contribution >= 0.6 is 0 Å². The van der Waals surface area contributed by atoms with Crippen molar-refractivity contribution in [2.75, 3.05) is 12.4 Å². The van der Waals surface area contributed by atoms with Gasteiger partial charge in [0.25, 0.3) is 11.8 Å². The van der Waals surface area contributed by atoms with Crippen LogP contribution in [0, 0.1) is 0 Å². The summed E-state index contributed by atoms with van der Waals surface area (Å²) >= 11 is 0. The second kappa shape index (κ2) is 9.20. The monoisotopic (exact) mass is 477 g/mol. The van der Waals surface area contributed by atoms with E-state index < -0.39 is 33.8 Å². The van der Waals surface area contributed by atoms with Crippen LogP contribution in [0.15, 0.2) is 83.8 Å². The number of hydrogen-bond donors (Lipinski definition) is 1. The van der Waals surface area contributed by atoms with Crippen molar-refractivity contribution in [1.82, 2.24) is 9.21 Å². The molecule has 0 radical (unpaired) electrons. The summed E-state index contributed by atoms with van der Waals surface area (Å²) < 4.78 is 27.0. The first-order valence-corrected chi connectivity index (χ1v) is 12.0. The molecular formula is C25H23N3O5S. The molecule has 0 aromatic heterocycles. The summed E-state index contributed by atoms with van der Waals surface area (Å²) in [5.74, 6) is -1.61. The molecule has 0 fully saturated rings. The van der Waals surface area contributed by atoms with Crippen molar-refractivity contribution in [3.05, 3.63) is 95.6 Å². The summed E-state index contributed by atoms with van der Waals surface area (Å²) in [7, 11) is -2.23. The van der Waals surface area contributed by atoms with Gasteiger partial charge in [-0.1, -0.05) is 42.5 Å². The molecular weight excluding hydrogens is 454 g/mol. The third kappa shape index (κ3) is 4.35. The van der Waals surface area contributed by atoms with Gasteiger partial charge < -0.3 is 5.32 Å². The lowest BCUT2D eigenvalue weighted by atomic mass is 10.1. The average Bonchev–Trinajstić information content (AvgIpc) is 3.09. The predicted octanol–water partition coefficient (Wildman–Crippen LogP) is 3.13. The fourth-order valence-electron chi connectivity index (χ4n) is 3.74. The highest BCUT2D eigenvalue weighted by Crippen LogP contribution is 2.25. The maximum Gasteiger partial charge on any atom is 0.262 e. The summed E-state index contributed by atoms with van der Waals surface area (Å²) in [6.07, 6.45) is 0.